The summed E-state index contributed by atoms with van der Waals surface area (Å²) in [5, 5.41) is 0. The van der Waals surface area contributed by atoms with E-state index in [4.69, 9.17) is 4.74 Å². The summed E-state index contributed by atoms with van der Waals surface area (Å²) in [6.45, 7) is 0.503. The van der Waals surface area contributed by atoms with E-state index in [0.29, 0.717) is 12.2 Å². The number of carbonyl (C=O) groups is 2. The molecule has 2 amide bonds. The van der Waals surface area contributed by atoms with Crippen LogP contribution in [0, 0.1) is 0 Å². The lowest BCUT2D eigenvalue weighted by Gasteiger charge is -2.33. The Kier molecular flexibility index (Phi) is 4.84. The molecule has 0 unspecified atom stereocenters. The molecule has 25 heavy (non-hydrogen) atoms. The first-order valence-corrected chi connectivity index (χ1v) is 8.04. The number of nitrogens with zero attached hydrogens (tertiary/aromatic N) is 2. The lowest BCUT2D eigenvalue weighted by molar-refractivity contribution is -0.144. The van der Waals surface area contributed by atoms with Crippen LogP contribution in [0.5, 0.6) is 5.75 Å². The summed E-state index contributed by atoms with van der Waals surface area (Å²) in [6, 6.07) is 17.0. The van der Waals surface area contributed by atoms with Crippen LogP contribution in [0.25, 0.3) is 6.08 Å². The van der Waals surface area contributed by atoms with E-state index in [1.807, 2.05) is 54.6 Å². The summed E-state index contributed by atoms with van der Waals surface area (Å²) in [4.78, 5) is 28.2. The van der Waals surface area contributed by atoms with Crippen LogP contribution >= 0.6 is 0 Å². The first-order valence-electron chi connectivity index (χ1n) is 8.04. The van der Waals surface area contributed by atoms with Gasteiger partial charge in [0.2, 0.25) is 5.91 Å². The average Bonchev–Trinajstić information content (AvgIpc) is 2.64. The highest BCUT2D eigenvalue weighted by Crippen LogP contribution is 2.21. The fraction of sp³-hybridized carbons (Fsp3) is 0.200. The van der Waals surface area contributed by atoms with Crippen LogP contribution in [0.2, 0.25) is 0 Å². The Labute approximate surface area is 147 Å². The second kappa shape index (κ2) is 7.21. The molecule has 0 bridgehead atoms. The zero-order valence-corrected chi connectivity index (χ0v) is 14.3. The van der Waals surface area contributed by atoms with Crippen molar-refractivity contribution < 1.29 is 14.3 Å². The molecular weight excluding hydrogens is 316 g/mol. The zero-order valence-electron chi connectivity index (χ0n) is 14.3. The molecule has 1 aliphatic rings. The number of likely N-dealkylation sites (N-methyl/N-ethyl adjacent to an activating group) is 1. The fourth-order valence-electron chi connectivity index (χ4n) is 2.73. The van der Waals surface area contributed by atoms with Crippen molar-refractivity contribution in [3.63, 3.8) is 0 Å². The van der Waals surface area contributed by atoms with E-state index >= 15 is 0 Å². The number of ether oxygens (including phenoxy) is 1. The first kappa shape index (κ1) is 16.8. The van der Waals surface area contributed by atoms with Gasteiger partial charge in [-0.3, -0.25) is 9.59 Å². The highest BCUT2D eigenvalue weighted by atomic mass is 16.5. The molecule has 0 spiro atoms. The van der Waals surface area contributed by atoms with Gasteiger partial charge >= 0.3 is 0 Å². The van der Waals surface area contributed by atoms with Crippen molar-refractivity contribution in [2.24, 2.45) is 0 Å². The van der Waals surface area contributed by atoms with Gasteiger partial charge in [-0.05, 0) is 29.3 Å². The van der Waals surface area contributed by atoms with Crippen molar-refractivity contribution in [1.29, 1.82) is 0 Å². The number of hydrogen-bond acceptors (Lipinski definition) is 3. The molecular formula is C20H20N2O3. The van der Waals surface area contributed by atoms with Crippen molar-refractivity contribution in [2.75, 3.05) is 20.7 Å². The number of rotatable bonds is 4. The number of hydrogen-bond donors (Lipinski definition) is 0. The monoisotopic (exact) mass is 336 g/mol. The van der Waals surface area contributed by atoms with Gasteiger partial charge in [-0.25, -0.2) is 0 Å². The van der Waals surface area contributed by atoms with Crippen LogP contribution < -0.4 is 4.74 Å². The Morgan fingerprint density at radius 2 is 1.72 bits per heavy atom. The third kappa shape index (κ3) is 3.71. The molecule has 0 aliphatic carbocycles. The summed E-state index contributed by atoms with van der Waals surface area (Å²) in [5.41, 5.74) is 2.21. The Bertz CT molecular complexity index is 797. The van der Waals surface area contributed by atoms with Gasteiger partial charge in [0.1, 0.15) is 18.0 Å². The maximum absolute atomic E-state index is 12.9. The Morgan fingerprint density at radius 1 is 1.04 bits per heavy atom. The lowest BCUT2D eigenvalue weighted by Crippen LogP contribution is -2.50. The van der Waals surface area contributed by atoms with Crippen LogP contribution in [0.15, 0.2) is 60.3 Å². The van der Waals surface area contributed by atoms with Crippen LogP contribution in [0.3, 0.4) is 0 Å². The van der Waals surface area contributed by atoms with Gasteiger partial charge in [-0.2, -0.15) is 0 Å². The quantitative estimate of drug-likeness (QED) is 0.806. The molecule has 0 atom stereocenters. The van der Waals surface area contributed by atoms with Crippen LogP contribution in [-0.4, -0.2) is 42.3 Å². The van der Waals surface area contributed by atoms with Crippen LogP contribution in [-0.2, 0) is 16.1 Å². The average molecular weight is 336 g/mol. The van der Waals surface area contributed by atoms with Gasteiger partial charge in [0, 0.05) is 13.6 Å². The number of benzene rings is 2. The minimum atomic E-state index is -0.151. The highest BCUT2D eigenvalue weighted by Gasteiger charge is 2.32. The highest BCUT2D eigenvalue weighted by molar-refractivity contribution is 6.05. The maximum Gasteiger partial charge on any atom is 0.271 e. The zero-order chi connectivity index (χ0) is 17.8. The number of carbonyl (C=O) groups excluding carboxylic acids is 2. The molecule has 1 aliphatic heterocycles. The number of amides is 2. The van der Waals surface area contributed by atoms with E-state index in [2.05, 4.69) is 0 Å². The van der Waals surface area contributed by atoms with E-state index in [9.17, 15) is 9.59 Å². The van der Waals surface area contributed by atoms with Crippen LogP contribution in [0.1, 0.15) is 11.1 Å². The molecule has 2 aromatic carbocycles. The summed E-state index contributed by atoms with van der Waals surface area (Å²) < 4.78 is 5.14. The van der Waals surface area contributed by atoms with Gasteiger partial charge in [0.25, 0.3) is 5.91 Å². The molecule has 0 N–H and O–H groups in total. The molecule has 5 heteroatoms. The SMILES string of the molecule is COc1ccc(/C=C2\C(=O)N(Cc3ccccc3)CC(=O)N2C)cc1. The standard InChI is InChI=1S/C20H20N2O3/c1-21-18(12-15-8-10-17(25-2)11-9-15)20(24)22(14-19(21)23)13-16-6-4-3-5-7-16/h3-12H,13-14H2,1-2H3/b18-12+. The van der Waals surface area contributed by atoms with E-state index < -0.39 is 0 Å². The third-order valence-corrected chi connectivity index (χ3v) is 4.20. The van der Waals surface area contributed by atoms with Gasteiger partial charge < -0.3 is 14.5 Å². The van der Waals surface area contributed by atoms with Crippen molar-refractivity contribution in [3.8, 4) is 5.75 Å². The largest absolute Gasteiger partial charge is 0.497 e. The number of methoxy groups -OCH3 is 1. The topological polar surface area (TPSA) is 49.9 Å². The molecule has 1 fully saturated rings. The maximum atomic E-state index is 12.9. The fourth-order valence-corrected chi connectivity index (χ4v) is 2.73. The molecule has 2 aromatic rings. The van der Waals surface area contributed by atoms with Gasteiger partial charge in [0.05, 0.1) is 7.11 Å². The molecule has 1 heterocycles. The van der Waals surface area contributed by atoms with Gasteiger partial charge in [0.15, 0.2) is 0 Å². The Morgan fingerprint density at radius 3 is 2.36 bits per heavy atom. The smallest absolute Gasteiger partial charge is 0.271 e. The van der Waals surface area contributed by atoms with E-state index in [-0.39, 0.29) is 18.4 Å². The Balaban J connectivity index is 1.86. The van der Waals surface area contributed by atoms with Crippen molar-refractivity contribution in [3.05, 3.63) is 71.4 Å². The molecule has 5 nitrogen and oxygen atoms in total. The summed E-state index contributed by atoms with van der Waals surface area (Å²) in [6.07, 6.45) is 1.73. The van der Waals surface area contributed by atoms with E-state index in [0.717, 1.165) is 16.9 Å². The van der Waals surface area contributed by atoms with Crippen molar-refractivity contribution in [1.82, 2.24) is 9.80 Å². The predicted octanol–water partition coefficient (Wildman–Crippen LogP) is 2.54. The lowest BCUT2D eigenvalue weighted by atomic mass is 10.1. The van der Waals surface area contributed by atoms with Gasteiger partial charge in [-0.15, -0.1) is 0 Å². The first-order chi connectivity index (χ1) is 12.1. The summed E-state index contributed by atoms with van der Waals surface area (Å²) in [7, 11) is 3.24. The van der Waals surface area contributed by atoms with E-state index in [1.54, 1.807) is 25.1 Å². The van der Waals surface area contributed by atoms with Crippen molar-refractivity contribution >= 4 is 17.9 Å². The van der Waals surface area contributed by atoms with Crippen molar-refractivity contribution in [2.45, 2.75) is 6.54 Å². The normalized spacial score (nSPS) is 16.5. The van der Waals surface area contributed by atoms with E-state index in [1.165, 1.54) is 4.90 Å². The second-order valence-electron chi connectivity index (χ2n) is 5.90. The molecule has 128 valence electrons. The predicted molar refractivity (Wildman–Crippen MR) is 95.6 cm³/mol. The van der Waals surface area contributed by atoms with Crippen LogP contribution in [0.4, 0.5) is 0 Å². The molecule has 3 rings (SSSR count). The molecule has 1 saturated heterocycles. The molecule has 0 aromatic heterocycles. The minimum Gasteiger partial charge on any atom is -0.497 e. The minimum absolute atomic E-state index is 0.0875. The molecule has 0 radical (unpaired) electrons. The summed E-state index contributed by atoms with van der Waals surface area (Å²) in [5.74, 6) is 0.490. The third-order valence-electron chi connectivity index (χ3n) is 4.20. The Hall–Kier alpha value is -3.08. The number of piperazine rings is 1. The summed E-state index contributed by atoms with van der Waals surface area (Å²) >= 11 is 0. The second-order valence-corrected chi connectivity index (χ2v) is 5.90. The van der Waals surface area contributed by atoms with Gasteiger partial charge in [-0.1, -0.05) is 42.5 Å². The molecule has 0 saturated carbocycles.